The molecule has 1 aromatic carbocycles. The van der Waals surface area contributed by atoms with Gasteiger partial charge in [0, 0.05) is 0 Å². The average molecular weight is 285 g/mol. The number of phenolic OH excluding ortho intramolecular Hbond substituents is 1. The van der Waals surface area contributed by atoms with Crippen LogP contribution in [-0.2, 0) is 0 Å². The molecule has 0 saturated heterocycles. The topological polar surface area (TPSA) is 23.5 Å². The number of hydrogen-bond acceptors (Lipinski definition) is 2. The molecule has 0 radical (unpaired) electrons. The molecule has 1 aromatic rings. The third kappa shape index (κ3) is 13.3. The van der Waals surface area contributed by atoms with Gasteiger partial charge < -0.3 is 10.0 Å². The van der Waals surface area contributed by atoms with Crippen molar-refractivity contribution in [3.8, 4) is 5.75 Å². The van der Waals surface area contributed by atoms with Gasteiger partial charge in [0.15, 0.2) is 11.6 Å². The van der Waals surface area contributed by atoms with Gasteiger partial charge in [-0.05, 0) is 51.7 Å². The van der Waals surface area contributed by atoms with E-state index in [9.17, 15) is 4.39 Å². The molecule has 0 fully saturated rings. The lowest BCUT2D eigenvalue weighted by Crippen LogP contribution is -2.12. The molecule has 1 rings (SSSR count). The first-order valence-corrected chi connectivity index (χ1v) is 7.57. The standard InChI is InChI=1S/C8H19N.C7H7FO.C2H6/c1-4-5-6-7-8-9(2)3;1-5-2-3-6(8)7(9)4-5;1-2/h4-8H2,1-3H3;2-4,9H,1H3;1-2H3. The SMILES string of the molecule is CC.CCCCCCN(C)C.Cc1ccc(F)c(O)c1. The highest BCUT2D eigenvalue weighted by atomic mass is 19.1. The summed E-state index contributed by atoms with van der Waals surface area (Å²) in [5.74, 6) is -0.851. The zero-order chi connectivity index (χ0) is 16.0. The van der Waals surface area contributed by atoms with Crippen LogP contribution in [0.15, 0.2) is 18.2 Å². The van der Waals surface area contributed by atoms with E-state index in [0.717, 1.165) is 5.56 Å². The number of rotatable bonds is 5. The lowest BCUT2D eigenvalue weighted by atomic mass is 10.2. The van der Waals surface area contributed by atoms with E-state index in [1.165, 1.54) is 44.4 Å². The summed E-state index contributed by atoms with van der Waals surface area (Å²) in [4.78, 5) is 2.25. The molecule has 0 heterocycles. The van der Waals surface area contributed by atoms with Gasteiger partial charge >= 0.3 is 0 Å². The minimum absolute atomic E-state index is 0.282. The molecular weight excluding hydrogens is 253 g/mol. The van der Waals surface area contributed by atoms with E-state index in [0.29, 0.717) is 0 Å². The van der Waals surface area contributed by atoms with Crippen LogP contribution in [-0.4, -0.2) is 30.6 Å². The van der Waals surface area contributed by atoms with Crippen molar-refractivity contribution in [2.75, 3.05) is 20.6 Å². The molecule has 0 bridgehead atoms. The predicted molar refractivity (Wildman–Crippen MR) is 86.8 cm³/mol. The molecule has 2 nitrogen and oxygen atoms in total. The summed E-state index contributed by atoms with van der Waals surface area (Å²) in [6, 6.07) is 4.23. The number of benzene rings is 1. The Morgan fingerprint density at radius 2 is 1.70 bits per heavy atom. The van der Waals surface area contributed by atoms with Crippen molar-refractivity contribution < 1.29 is 9.50 Å². The zero-order valence-corrected chi connectivity index (χ0v) is 14.0. The minimum Gasteiger partial charge on any atom is -0.505 e. The van der Waals surface area contributed by atoms with Crippen molar-refractivity contribution in [1.82, 2.24) is 4.90 Å². The van der Waals surface area contributed by atoms with Crippen LogP contribution in [0.1, 0.15) is 52.0 Å². The molecule has 0 aliphatic carbocycles. The summed E-state index contributed by atoms with van der Waals surface area (Å²) in [5.41, 5.74) is 0.855. The van der Waals surface area contributed by atoms with Crippen LogP contribution >= 0.6 is 0 Å². The van der Waals surface area contributed by atoms with Gasteiger partial charge in [0.2, 0.25) is 0 Å². The van der Waals surface area contributed by atoms with Crippen LogP contribution in [0, 0.1) is 12.7 Å². The number of nitrogens with zero attached hydrogens (tertiary/aromatic N) is 1. The van der Waals surface area contributed by atoms with Crippen LogP contribution < -0.4 is 0 Å². The summed E-state index contributed by atoms with van der Waals surface area (Å²) >= 11 is 0. The van der Waals surface area contributed by atoms with E-state index in [4.69, 9.17) is 5.11 Å². The fraction of sp³-hybridized carbons (Fsp3) is 0.647. The maximum absolute atomic E-state index is 12.2. The molecule has 3 heteroatoms. The Bertz CT molecular complexity index is 327. The molecule has 0 atom stereocenters. The molecule has 0 aliphatic heterocycles. The van der Waals surface area contributed by atoms with Gasteiger partial charge in [-0.1, -0.05) is 46.1 Å². The van der Waals surface area contributed by atoms with Crippen molar-refractivity contribution in [2.45, 2.75) is 53.4 Å². The van der Waals surface area contributed by atoms with E-state index >= 15 is 0 Å². The van der Waals surface area contributed by atoms with E-state index < -0.39 is 5.82 Å². The van der Waals surface area contributed by atoms with Crippen LogP contribution in [0.2, 0.25) is 0 Å². The van der Waals surface area contributed by atoms with Gasteiger partial charge in [0.1, 0.15) is 0 Å². The van der Waals surface area contributed by atoms with Gasteiger partial charge in [0.25, 0.3) is 0 Å². The van der Waals surface area contributed by atoms with Crippen molar-refractivity contribution in [2.24, 2.45) is 0 Å². The predicted octanol–water partition coefficient (Wildman–Crippen LogP) is 4.99. The Morgan fingerprint density at radius 3 is 2.10 bits per heavy atom. The van der Waals surface area contributed by atoms with Crippen LogP contribution in [0.4, 0.5) is 4.39 Å². The maximum atomic E-state index is 12.2. The maximum Gasteiger partial charge on any atom is 0.164 e. The first-order valence-electron chi connectivity index (χ1n) is 7.57. The lowest BCUT2D eigenvalue weighted by Gasteiger charge is -2.07. The number of halogens is 1. The number of unbranched alkanes of at least 4 members (excludes halogenated alkanes) is 3. The Hall–Kier alpha value is -1.09. The largest absolute Gasteiger partial charge is 0.505 e. The second-order valence-electron chi connectivity index (χ2n) is 4.82. The number of phenols is 1. The third-order valence-corrected chi connectivity index (χ3v) is 2.56. The van der Waals surface area contributed by atoms with Gasteiger partial charge in [-0.25, -0.2) is 4.39 Å². The molecule has 0 spiro atoms. The Balaban J connectivity index is 0. The molecule has 0 aliphatic rings. The van der Waals surface area contributed by atoms with E-state index in [1.54, 1.807) is 13.0 Å². The summed E-state index contributed by atoms with van der Waals surface area (Å²) in [5, 5.41) is 8.73. The number of hydrogen-bond donors (Lipinski definition) is 1. The quantitative estimate of drug-likeness (QED) is 0.770. The zero-order valence-electron chi connectivity index (χ0n) is 14.0. The number of aryl methyl sites for hydroxylation is 1. The Morgan fingerprint density at radius 1 is 1.10 bits per heavy atom. The van der Waals surface area contributed by atoms with Gasteiger partial charge in [-0.3, -0.25) is 0 Å². The highest BCUT2D eigenvalue weighted by Crippen LogP contribution is 2.15. The smallest absolute Gasteiger partial charge is 0.164 e. The van der Waals surface area contributed by atoms with Gasteiger partial charge in [-0.2, -0.15) is 0 Å². The normalized spacial score (nSPS) is 9.40. The second kappa shape index (κ2) is 14.3. The van der Waals surface area contributed by atoms with Crippen molar-refractivity contribution in [3.05, 3.63) is 29.6 Å². The highest BCUT2D eigenvalue weighted by molar-refractivity contribution is 5.27. The van der Waals surface area contributed by atoms with Crippen LogP contribution in [0.5, 0.6) is 5.75 Å². The number of aromatic hydroxyl groups is 1. The molecule has 20 heavy (non-hydrogen) atoms. The fourth-order valence-corrected chi connectivity index (χ4v) is 1.48. The third-order valence-electron chi connectivity index (χ3n) is 2.56. The molecular formula is C17H32FNO. The Kier molecular flexibility index (Phi) is 15.2. The Labute approximate surface area is 124 Å². The minimum atomic E-state index is -0.569. The van der Waals surface area contributed by atoms with E-state index in [-0.39, 0.29) is 5.75 Å². The van der Waals surface area contributed by atoms with Crippen LogP contribution in [0.25, 0.3) is 0 Å². The van der Waals surface area contributed by atoms with Gasteiger partial charge in [0.05, 0.1) is 0 Å². The second-order valence-corrected chi connectivity index (χ2v) is 4.82. The van der Waals surface area contributed by atoms with Crippen molar-refractivity contribution in [3.63, 3.8) is 0 Å². The van der Waals surface area contributed by atoms with E-state index in [2.05, 4.69) is 25.9 Å². The summed E-state index contributed by atoms with van der Waals surface area (Å²) in [7, 11) is 4.26. The molecule has 0 unspecified atom stereocenters. The molecule has 0 amide bonds. The summed E-state index contributed by atoms with van der Waals surface area (Å²) in [6.45, 7) is 9.29. The average Bonchev–Trinajstić information content (AvgIpc) is 2.42. The molecule has 1 N–H and O–H groups in total. The highest BCUT2D eigenvalue weighted by Gasteiger charge is 1.96. The monoisotopic (exact) mass is 285 g/mol. The summed E-state index contributed by atoms with van der Waals surface area (Å²) < 4.78 is 12.2. The first-order chi connectivity index (χ1) is 9.47. The lowest BCUT2D eigenvalue weighted by molar-refractivity contribution is 0.391. The molecule has 0 saturated carbocycles. The van der Waals surface area contributed by atoms with Crippen LogP contribution in [0.3, 0.4) is 0 Å². The van der Waals surface area contributed by atoms with E-state index in [1.807, 2.05) is 13.8 Å². The van der Waals surface area contributed by atoms with Gasteiger partial charge in [-0.15, -0.1) is 0 Å². The first kappa shape index (κ1) is 21.2. The summed E-state index contributed by atoms with van der Waals surface area (Å²) in [6.07, 6.45) is 5.50. The molecule has 118 valence electrons. The fourth-order valence-electron chi connectivity index (χ4n) is 1.48. The van der Waals surface area contributed by atoms with Crippen molar-refractivity contribution >= 4 is 0 Å². The van der Waals surface area contributed by atoms with Crippen molar-refractivity contribution in [1.29, 1.82) is 0 Å². The molecule has 0 aromatic heterocycles.